The lowest BCUT2D eigenvalue weighted by atomic mass is 9.92. The van der Waals surface area contributed by atoms with E-state index in [2.05, 4.69) is 5.32 Å². The van der Waals surface area contributed by atoms with Crippen LogP contribution in [-0.2, 0) is 11.2 Å². The number of rotatable bonds is 6. The normalized spacial score (nSPS) is 20.7. The van der Waals surface area contributed by atoms with E-state index in [9.17, 15) is 9.59 Å². The third-order valence-corrected chi connectivity index (χ3v) is 4.67. The van der Waals surface area contributed by atoms with Gasteiger partial charge in [-0.1, -0.05) is 24.3 Å². The monoisotopic (exact) mass is 368 g/mol. The summed E-state index contributed by atoms with van der Waals surface area (Å²) < 4.78 is 16.3. The van der Waals surface area contributed by atoms with Crippen LogP contribution in [0.15, 0.2) is 48.5 Å². The molecule has 2 aliphatic heterocycles. The van der Waals surface area contributed by atoms with Crippen LogP contribution >= 0.6 is 0 Å². The molecule has 2 aliphatic rings. The fourth-order valence-corrected chi connectivity index (χ4v) is 3.30. The number of amides is 3. The van der Waals surface area contributed by atoms with E-state index in [1.165, 1.54) is 4.90 Å². The molecular weight excluding hydrogens is 348 g/mol. The highest BCUT2D eigenvalue weighted by Gasteiger charge is 2.47. The van der Waals surface area contributed by atoms with Crippen LogP contribution in [0.4, 0.5) is 4.79 Å². The minimum absolute atomic E-state index is 0.191. The zero-order valence-corrected chi connectivity index (χ0v) is 14.9. The molecular formula is C20H20N2O5. The van der Waals surface area contributed by atoms with Gasteiger partial charge in [0.15, 0.2) is 11.5 Å². The van der Waals surface area contributed by atoms with E-state index in [1.807, 2.05) is 48.5 Å². The number of ether oxygens (including phenoxy) is 3. The Bertz CT molecular complexity index is 870. The summed E-state index contributed by atoms with van der Waals surface area (Å²) in [5.74, 6) is 1.78. The van der Waals surface area contributed by atoms with Crippen molar-refractivity contribution in [2.75, 3.05) is 19.9 Å². The molecule has 1 fully saturated rings. The summed E-state index contributed by atoms with van der Waals surface area (Å²) in [5, 5.41) is 2.80. The number of imide groups is 1. The van der Waals surface area contributed by atoms with Gasteiger partial charge in [0.2, 0.25) is 6.79 Å². The molecule has 1 saturated heterocycles. The lowest BCUT2D eigenvalue weighted by Gasteiger charge is -2.22. The van der Waals surface area contributed by atoms with E-state index in [0.717, 1.165) is 5.56 Å². The first-order chi connectivity index (χ1) is 13.0. The Kier molecular flexibility index (Phi) is 4.35. The molecule has 0 saturated carbocycles. The number of nitrogens with zero attached hydrogens (tertiary/aromatic N) is 1. The van der Waals surface area contributed by atoms with E-state index in [1.54, 1.807) is 6.92 Å². The van der Waals surface area contributed by atoms with E-state index in [4.69, 9.17) is 14.2 Å². The SMILES string of the molecule is C[C@]1(Cc2ccc3c(c2)OCO3)NC(=O)N(CCOc2ccccc2)C1=O. The summed E-state index contributed by atoms with van der Waals surface area (Å²) in [6.07, 6.45) is 0.365. The van der Waals surface area contributed by atoms with Gasteiger partial charge < -0.3 is 19.5 Å². The molecule has 1 atom stereocenters. The number of fused-ring (bicyclic) bond motifs is 1. The maximum Gasteiger partial charge on any atom is 0.325 e. The highest BCUT2D eigenvalue weighted by molar-refractivity contribution is 6.06. The topological polar surface area (TPSA) is 77.1 Å². The number of nitrogens with one attached hydrogen (secondary N) is 1. The average molecular weight is 368 g/mol. The van der Waals surface area contributed by atoms with E-state index < -0.39 is 11.6 Å². The van der Waals surface area contributed by atoms with Gasteiger partial charge in [-0.15, -0.1) is 0 Å². The molecule has 0 aliphatic carbocycles. The molecule has 3 amide bonds. The standard InChI is InChI=1S/C20H20N2O5/c1-20(12-14-7-8-16-17(11-14)27-13-26-16)18(23)22(19(24)21-20)9-10-25-15-5-3-2-4-6-15/h2-8,11H,9-10,12-13H2,1H3,(H,21,24)/t20-/m1/s1. The number of hydrogen-bond donors (Lipinski definition) is 1. The van der Waals surface area contributed by atoms with Gasteiger partial charge in [0.05, 0.1) is 6.54 Å². The van der Waals surface area contributed by atoms with Crippen molar-refractivity contribution in [1.29, 1.82) is 0 Å². The van der Waals surface area contributed by atoms with Crippen molar-refractivity contribution in [3.8, 4) is 17.2 Å². The summed E-state index contributed by atoms with van der Waals surface area (Å²) in [7, 11) is 0. The van der Waals surface area contributed by atoms with Crippen molar-refractivity contribution in [2.24, 2.45) is 0 Å². The van der Waals surface area contributed by atoms with E-state index in [0.29, 0.717) is 23.7 Å². The van der Waals surface area contributed by atoms with Gasteiger partial charge in [-0.3, -0.25) is 9.69 Å². The van der Waals surface area contributed by atoms with Crippen LogP contribution in [0.3, 0.4) is 0 Å². The van der Waals surface area contributed by atoms with Crippen LogP contribution < -0.4 is 19.5 Å². The summed E-state index contributed by atoms with van der Waals surface area (Å²) in [6.45, 7) is 2.36. The quantitative estimate of drug-likeness (QED) is 0.792. The van der Waals surface area contributed by atoms with Crippen molar-refractivity contribution in [1.82, 2.24) is 10.2 Å². The second-order valence-electron chi connectivity index (χ2n) is 6.74. The number of carbonyl (C=O) groups excluding carboxylic acids is 2. The minimum Gasteiger partial charge on any atom is -0.492 e. The molecule has 0 aromatic heterocycles. The van der Waals surface area contributed by atoms with Crippen molar-refractivity contribution in [2.45, 2.75) is 18.9 Å². The van der Waals surface area contributed by atoms with Gasteiger partial charge in [-0.2, -0.15) is 0 Å². The molecule has 2 aromatic carbocycles. The zero-order valence-electron chi connectivity index (χ0n) is 14.9. The molecule has 2 heterocycles. The minimum atomic E-state index is -1.00. The summed E-state index contributed by atoms with van der Waals surface area (Å²) in [5.41, 5.74) is -0.116. The van der Waals surface area contributed by atoms with Gasteiger partial charge >= 0.3 is 6.03 Å². The molecule has 140 valence electrons. The molecule has 7 nitrogen and oxygen atoms in total. The smallest absolute Gasteiger partial charge is 0.325 e. The molecule has 0 spiro atoms. The summed E-state index contributed by atoms with van der Waals surface area (Å²) in [4.78, 5) is 26.4. The Hall–Kier alpha value is -3.22. The lowest BCUT2D eigenvalue weighted by Crippen LogP contribution is -2.46. The van der Waals surface area contributed by atoms with Crippen LogP contribution in [0.1, 0.15) is 12.5 Å². The Morgan fingerprint density at radius 3 is 2.70 bits per heavy atom. The highest BCUT2D eigenvalue weighted by atomic mass is 16.7. The Morgan fingerprint density at radius 1 is 1.11 bits per heavy atom. The van der Waals surface area contributed by atoms with Crippen molar-refractivity contribution in [3.05, 3.63) is 54.1 Å². The van der Waals surface area contributed by atoms with Crippen LogP contribution in [0.2, 0.25) is 0 Å². The molecule has 0 bridgehead atoms. The van der Waals surface area contributed by atoms with Gasteiger partial charge in [0.25, 0.3) is 5.91 Å². The Morgan fingerprint density at radius 2 is 1.89 bits per heavy atom. The zero-order chi connectivity index (χ0) is 18.9. The lowest BCUT2D eigenvalue weighted by molar-refractivity contribution is -0.131. The first-order valence-electron chi connectivity index (χ1n) is 8.76. The number of urea groups is 1. The highest BCUT2D eigenvalue weighted by Crippen LogP contribution is 2.34. The van der Waals surface area contributed by atoms with Gasteiger partial charge in [-0.25, -0.2) is 4.79 Å². The summed E-state index contributed by atoms with van der Waals surface area (Å²) >= 11 is 0. The van der Waals surface area contributed by atoms with E-state index >= 15 is 0 Å². The number of hydrogen-bond acceptors (Lipinski definition) is 5. The second-order valence-corrected chi connectivity index (χ2v) is 6.74. The first kappa shape index (κ1) is 17.2. The van der Waals surface area contributed by atoms with Gasteiger partial charge in [0, 0.05) is 6.42 Å². The Balaban J connectivity index is 1.40. The fraction of sp³-hybridized carbons (Fsp3) is 0.300. The molecule has 7 heteroatoms. The largest absolute Gasteiger partial charge is 0.492 e. The third-order valence-electron chi connectivity index (χ3n) is 4.67. The van der Waals surface area contributed by atoms with Crippen molar-refractivity contribution >= 4 is 11.9 Å². The van der Waals surface area contributed by atoms with Crippen LogP contribution in [-0.4, -0.2) is 42.3 Å². The molecule has 1 N–H and O–H groups in total. The predicted molar refractivity (Wildman–Crippen MR) is 96.9 cm³/mol. The molecule has 0 unspecified atom stereocenters. The van der Waals surface area contributed by atoms with Crippen LogP contribution in [0.25, 0.3) is 0 Å². The first-order valence-corrected chi connectivity index (χ1v) is 8.76. The van der Waals surface area contributed by atoms with Crippen molar-refractivity contribution < 1.29 is 23.8 Å². The maximum atomic E-state index is 12.8. The van der Waals surface area contributed by atoms with Gasteiger partial charge in [0.1, 0.15) is 17.9 Å². The molecule has 0 radical (unpaired) electrons. The number of para-hydroxylation sites is 1. The fourth-order valence-electron chi connectivity index (χ4n) is 3.30. The average Bonchev–Trinajstić information content (AvgIpc) is 3.20. The second kappa shape index (κ2) is 6.83. The maximum absolute atomic E-state index is 12.8. The Labute approximate surface area is 156 Å². The van der Waals surface area contributed by atoms with Gasteiger partial charge in [-0.05, 0) is 36.8 Å². The van der Waals surface area contributed by atoms with Crippen LogP contribution in [0.5, 0.6) is 17.2 Å². The van der Waals surface area contributed by atoms with Crippen molar-refractivity contribution in [3.63, 3.8) is 0 Å². The molecule has 27 heavy (non-hydrogen) atoms. The molecule has 4 rings (SSSR count). The third kappa shape index (κ3) is 3.40. The predicted octanol–water partition coefficient (Wildman–Crippen LogP) is 2.35. The van der Waals surface area contributed by atoms with E-state index in [-0.39, 0.29) is 25.9 Å². The number of benzene rings is 2. The molecule has 2 aromatic rings. The number of carbonyl (C=O) groups is 2. The summed E-state index contributed by atoms with van der Waals surface area (Å²) in [6, 6.07) is 14.4. The van der Waals surface area contributed by atoms with Crippen LogP contribution in [0, 0.1) is 0 Å².